The van der Waals surface area contributed by atoms with Gasteiger partial charge in [0, 0.05) is 11.4 Å². The van der Waals surface area contributed by atoms with Crippen LogP contribution in [0.1, 0.15) is 45.1 Å². The maximum atomic E-state index is 12.8. The Morgan fingerprint density at radius 3 is 2.35 bits per heavy atom. The Kier molecular flexibility index (Phi) is 5.22. The maximum absolute atomic E-state index is 12.8. The molecule has 110 valence electrons. The molecule has 1 aromatic rings. The van der Waals surface area contributed by atoms with Crippen molar-refractivity contribution in [1.29, 1.82) is 0 Å². The van der Waals surface area contributed by atoms with Crippen LogP contribution < -0.4 is 0 Å². The van der Waals surface area contributed by atoms with Crippen LogP contribution in [0.3, 0.4) is 0 Å². The van der Waals surface area contributed by atoms with E-state index in [9.17, 15) is 4.79 Å². The van der Waals surface area contributed by atoms with Crippen LogP contribution in [-0.2, 0) is 11.2 Å². The molecule has 3 heteroatoms. The molecule has 0 radical (unpaired) electrons. The molecule has 0 aliphatic carbocycles. The molecule has 1 aliphatic heterocycles. The van der Waals surface area contributed by atoms with Crippen molar-refractivity contribution in [3.63, 3.8) is 0 Å². The molecule has 1 unspecified atom stereocenters. The molecule has 1 aliphatic rings. The number of hydrogen-bond acceptors (Lipinski definition) is 2. The van der Waals surface area contributed by atoms with Crippen LogP contribution in [0.2, 0.25) is 5.02 Å². The molecule has 2 rings (SSSR count). The minimum atomic E-state index is -0.319. The van der Waals surface area contributed by atoms with Gasteiger partial charge in [-0.3, -0.25) is 9.69 Å². The molecule has 0 saturated carbocycles. The molecule has 1 heterocycles. The lowest BCUT2D eigenvalue weighted by atomic mass is 9.86. The van der Waals surface area contributed by atoms with Gasteiger partial charge in [-0.1, -0.05) is 37.1 Å². The van der Waals surface area contributed by atoms with E-state index in [0.29, 0.717) is 12.2 Å². The standard InChI is InChI=1S/C17H24ClNO/c1-3-17(2,19-11-5-4-6-12-19)16(20)13-14-7-9-15(18)10-8-14/h7-10H,3-6,11-13H2,1-2H3. The fourth-order valence-electron chi connectivity index (χ4n) is 2.96. The van der Waals surface area contributed by atoms with Gasteiger partial charge in [-0.25, -0.2) is 0 Å². The predicted molar refractivity (Wildman–Crippen MR) is 84.3 cm³/mol. The fraction of sp³-hybridized carbons (Fsp3) is 0.588. The average Bonchev–Trinajstić information content (AvgIpc) is 2.49. The van der Waals surface area contributed by atoms with Crippen molar-refractivity contribution in [2.45, 2.75) is 51.5 Å². The molecule has 0 bridgehead atoms. The Balaban J connectivity index is 2.09. The first-order valence-electron chi connectivity index (χ1n) is 7.59. The Hall–Kier alpha value is -0.860. The Morgan fingerprint density at radius 1 is 1.20 bits per heavy atom. The second-order valence-corrected chi connectivity index (χ2v) is 6.34. The van der Waals surface area contributed by atoms with Crippen LogP contribution in [0.25, 0.3) is 0 Å². The summed E-state index contributed by atoms with van der Waals surface area (Å²) in [7, 11) is 0. The second kappa shape index (κ2) is 6.73. The number of nitrogens with zero attached hydrogens (tertiary/aromatic N) is 1. The smallest absolute Gasteiger partial charge is 0.157 e. The third kappa shape index (κ3) is 3.42. The summed E-state index contributed by atoms with van der Waals surface area (Å²) < 4.78 is 0. The van der Waals surface area contributed by atoms with E-state index in [1.165, 1.54) is 19.3 Å². The molecule has 1 aromatic carbocycles. The molecule has 1 fully saturated rings. The highest BCUT2D eigenvalue weighted by molar-refractivity contribution is 6.30. The van der Waals surface area contributed by atoms with Gasteiger partial charge in [-0.15, -0.1) is 0 Å². The third-order valence-electron chi connectivity index (χ3n) is 4.62. The number of Topliss-reactive ketones (excluding diaryl/α,β-unsaturated/α-hetero) is 1. The number of benzene rings is 1. The summed E-state index contributed by atoms with van der Waals surface area (Å²) in [6.45, 7) is 6.33. The summed E-state index contributed by atoms with van der Waals surface area (Å²) in [5.74, 6) is 0.323. The van der Waals surface area contributed by atoms with E-state index in [0.717, 1.165) is 30.1 Å². The number of rotatable bonds is 5. The zero-order chi connectivity index (χ0) is 14.6. The highest BCUT2D eigenvalue weighted by Gasteiger charge is 2.37. The van der Waals surface area contributed by atoms with E-state index in [-0.39, 0.29) is 5.54 Å². The van der Waals surface area contributed by atoms with Crippen LogP contribution in [0.5, 0.6) is 0 Å². The first-order chi connectivity index (χ1) is 9.56. The maximum Gasteiger partial charge on any atom is 0.157 e. The molecule has 0 amide bonds. The van der Waals surface area contributed by atoms with E-state index >= 15 is 0 Å². The Morgan fingerprint density at radius 2 is 1.80 bits per heavy atom. The zero-order valence-electron chi connectivity index (χ0n) is 12.5. The lowest BCUT2D eigenvalue weighted by molar-refractivity contribution is -0.130. The Labute approximate surface area is 127 Å². The fourth-order valence-corrected chi connectivity index (χ4v) is 3.09. The number of halogens is 1. The predicted octanol–water partition coefficient (Wildman–Crippen LogP) is 4.11. The number of likely N-dealkylation sites (tertiary alicyclic amines) is 1. The van der Waals surface area contributed by atoms with Gasteiger partial charge in [0.15, 0.2) is 5.78 Å². The molecular formula is C17H24ClNO. The van der Waals surface area contributed by atoms with Crippen molar-refractivity contribution in [2.75, 3.05) is 13.1 Å². The lowest BCUT2D eigenvalue weighted by Gasteiger charge is -2.42. The van der Waals surface area contributed by atoms with Gasteiger partial charge >= 0.3 is 0 Å². The molecule has 0 N–H and O–H groups in total. The van der Waals surface area contributed by atoms with E-state index in [1.807, 2.05) is 24.3 Å². The van der Waals surface area contributed by atoms with Crippen molar-refractivity contribution in [2.24, 2.45) is 0 Å². The van der Waals surface area contributed by atoms with E-state index in [2.05, 4.69) is 18.7 Å². The van der Waals surface area contributed by atoms with Gasteiger partial charge in [-0.2, -0.15) is 0 Å². The summed E-state index contributed by atoms with van der Waals surface area (Å²) in [4.78, 5) is 15.2. The molecule has 1 atom stereocenters. The minimum Gasteiger partial charge on any atom is -0.297 e. The number of ketones is 1. The highest BCUT2D eigenvalue weighted by atomic mass is 35.5. The van der Waals surface area contributed by atoms with Gasteiger partial charge in [0.05, 0.1) is 5.54 Å². The number of carbonyl (C=O) groups is 1. The van der Waals surface area contributed by atoms with Gasteiger partial charge in [-0.05, 0) is 57.0 Å². The van der Waals surface area contributed by atoms with Crippen LogP contribution >= 0.6 is 11.6 Å². The van der Waals surface area contributed by atoms with E-state index in [1.54, 1.807) is 0 Å². The van der Waals surface area contributed by atoms with Gasteiger partial charge in [0.2, 0.25) is 0 Å². The monoisotopic (exact) mass is 293 g/mol. The normalized spacial score (nSPS) is 19.6. The molecular weight excluding hydrogens is 270 g/mol. The lowest BCUT2D eigenvalue weighted by Crippen LogP contribution is -2.54. The van der Waals surface area contributed by atoms with E-state index in [4.69, 9.17) is 11.6 Å². The summed E-state index contributed by atoms with van der Waals surface area (Å²) in [5, 5.41) is 0.718. The molecule has 0 aromatic heterocycles. The summed E-state index contributed by atoms with van der Waals surface area (Å²) in [5.41, 5.74) is 0.733. The topological polar surface area (TPSA) is 20.3 Å². The van der Waals surface area contributed by atoms with Gasteiger partial charge in [0.25, 0.3) is 0 Å². The molecule has 20 heavy (non-hydrogen) atoms. The van der Waals surface area contributed by atoms with Gasteiger partial charge < -0.3 is 0 Å². The summed E-state index contributed by atoms with van der Waals surface area (Å²) in [6, 6.07) is 7.61. The largest absolute Gasteiger partial charge is 0.297 e. The van der Waals surface area contributed by atoms with Gasteiger partial charge in [0.1, 0.15) is 0 Å². The van der Waals surface area contributed by atoms with Crippen molar-refractivity contribution in [3.8, 4) is 0 Å². The molecule has 0 spiro atoms. The van der Waals surface area contributed by atoms with Crippen molar-refractivity contribution >= 4 is 17.4 Å². The first kappa shape index (κ1) is 15.5. The highest BCUT2D eigenvalue weighted by Crippen LogP contribution is 2.26. The van der Waals surface area contributed by atoms with E-state index < -0.39 is 0 Å². The number of piperidine rings is 1. The quantitative estimate of drug-likeness (QED) is 0.814. The van der Waals surface area contributed by atoms with Crippen LogP contribution in [0.15, 0.2) is 24.3 Å². The van der Waals surface area contributed by atoms with Crippen LogP contribution in [-0.4, -0.2) is 29.3 Å². The SMILES string of the molecule is CCC(C)(C(=O)Cc1ccc(Cl)cc1)N1CCCCC1. The third-order valence-corrected chi connectivity index (χ3v) is 4.87. The molecule has 1 saturated heterocycles. The second-order valence-electron chi connectivity index (χ2n) is 5.90. The van der Waals surface area contributed by atoms with Crippen LogP contribution in [0.4, 0.5) is 0 Å². The molecule has 2 nitrogen and oxygen atoms in total. The number of hydrogen-bond donors (Lipinski definition) is 0. The van der Waals surface area contributed by atoms with Crippen LogP contribution in [0, 0.1) is 0 Å². The summed E-state index contributed by atoms with van der Waals surface area (Å²) in [6.07, 6.45) is 5.09. The first-order valence-corrected chi connectivity index (χ1v) is 7.97. The number of carbonyl (C=O) groups excluding carboxylic acids is 1. The zero-order valence-corrected chi connectivity index (χ0v) is 13.2. The summed E-state index contributed by atoms with van der Waals surface area (Å²) >= 11 is 5.89. The van der Waals surface area contributed by atoms with Crippen molar-refractivity contribution in [3.05, 3.63) is 34.9 Å². The average molecular weight is 294 g/mol. The van der Waals surface area contributed by atoms with Crippen molar-refractivity contribution in [1.82, 2.24) is 4.90 Å². The van der Waals surface area contributed by atoms with Crippen molar-refractivity contribution < 1.29 is 4.79 Å². The Bertz CT molecular complexity index is 451. The minimum absolute atomic E-state index is 0.319.